The summed E-state index contributed by atoms with van der Waals surface area (Å²) in [5.41, 5.74) is -0.416. The Kier molecular flexibility index (Phi) is 7.38. The van der Waals surface area contributed by atoms with E-state index in [1.54, 1.807) is 0 Å². The second kappa shape index (κ2) is 9.54. The fraction of sp³-hybridized carbons (Fsp3) is 0.500. The minimum Gasteiger partial charge on any atom is -0.474 e. The average molecular weight is 411 g/mol. The van der Waals surface area contributed by atoms with Crippen molar-refractivity contribution in [2.24, 2.45) is 0 Å². The van der Waals surface area contributed by atoms with Crippen LogP contribution in [0, 0.1) is 0 Å². The van der Waals surface area contributed by atoms with Crippen LogP contribution >= 0.6 is 11.8 Å². The number of hydrogen-bond donors (Lipinski definition) is 0. The molecule has 0 spiro atoms. The molecule has 28 heavy (non-hydrogen) atoms. The number of ketones is 1. The first kappa shape index (κ1) is 21.7. The number of carbonyl (C=O) groups is 4. The molecule has 1 fully saturated rings. The van der Waals surface area contributed by atoms with Crippen LogP contribution < -0.4 is 4.74 Å². The van der Waals surface area contributed by atoms with Gasteiger partial charge in [-0.1, -0.05) is 0 Å². The first-order chi connectivity index (χ1) is 13.2. The highest BCUT2D eigenvalue weighted by Crippen LogP contribution is 2.34. The van der Waals surface area contributed by atoms with Crippen molar-refractivity contribution in [2.75, 3.05) is 5.75 Å². The molecule has 0 N–H and O–H groups in total. The third-order valence-corrected chi connectivity index (χ3v) is 4.89. The van der Waals surface area contributed by atoms with Gasteiger partial charge in [0.15, 0.2) is 29.5 Å². The Morgan fingerprint density at radius 1 is 0.929 bits per heavy atom. The molecule has 0 unspecified atom stereocenters. The smallest absolute Gasteiger partial charge is 0.303 e. The molecule has 10 heteroatoms. The maximum atomic E-state index is 11.6. The van der Waals surface area contributed by atoms with Crippen molar-refractivity contribution in [3.63, 3.8) is 0 Å². The quantitative estimate of drug-likeness (QED) is 0.387. The Morgan fingerprint density at radius 2 is 1.54 bits per heavy atom. The summed E-state index contributed by atoms with van der Waals surface area (Å²) in [4.78, 5) is 50.1. The molecule has 1 aromatic rings. The molecule has 0 bridgehead atoms. The largest absolute Gasteiger partial charge is 0.474 e. The molecule has 4 atom stereocenters. The standard InChI is InChI=1S/C18H21NO8S/c1-9(20)13-5-14(7-19-6-13)27-18-17(26-12(4)23)16(25-11(3)22)15(8-28-18)24-10(2)21/h5-7,15-18H,8H2,1-4H3/t15-,16+,17-,18-/m1/s1. The van der Waals surface area contributed by atoms with Crippen LogP contribution in [0.4, 0.5) is 0 Å². The Balaban J connectivity index is 2.30. The summed E-state index contributed by atoms with van der Waals surface area (Å²) in [7, 11) is 0. The fourth-order valence-corrected chi connectivity index (χ4v) is 3.84. The molecule has 1 aromatic heterocycles. The van der Waals surface area contributed by atoms with E-state index in [1.807, 2.05) is 0 Å². The second-order valence-corrected chi connectivity index (χ2v) is 7.21. The SMILES string of the molecule is CC(=O)O[C@@H]1[C@@H](OC(C)=O)[C@H](OC(C)=O)CS[C@H]1Oc1cncc(C(C)=O)c1. The van der Waals surface area contributed by atoms with Gasteiger partial charge in [-0.15, -0.1) is 11.8 Å². The Morgan fingerprint density at radius 3 is 2.11 bits per heavy atom. The molecule has 2 heterocycles. The van der Waals surface area contributed by atoms with E-state index in [0.29, 0.717) is 5.56 Å². The molecule has 9 nitrogen and oxygen atoms in total. The number of ether oxygens (including phenoxy) is 4. The number of aromatic nitrogens is 1. The van der Waals surface area contributed by atoms with Crippen molar-refractivity contribution in [3.8, 4) is 5.75 Å². The number of nitrogens with zero attached hydrogens (tertiary/aromatic N) is 1. The Labute approximate surface area is 166 Å². The zero-order valence-electron chi connectivity index (χ0n) is 15.9. The highest BCUT2D eigenvalue weighted by atomic mass is 32.2. The zero-order valence-corrected chi connectivity index (χ0v) is 16.7. The third kappa shape index (κ3) is 5.95. The van der Waals surface area contributed by atoms with Crippen LogP contribution in [-0.4, -0.2) is 58.2 Å². The number of Topliss-reactive ketones (excluding diaryl/α,β-unsaturated/α-hetero) is 1. The Hall–Kier alpha value is -2.62. The normalized spacial score (nSPS) is 24.0. The molecule has 152 valence electrons. The molecular formula is C18H21NO8S. The van der Waals surface area contributed by atoms with Gasteiger partial charge in [0.1, 0.15) is 5.75 Å². The predicted molar refractivity (Wildman–Crippen MR) is 97.8 cm³/mol. The number of esters is 3. The van der Waals surface area contributed by atoms with E-state index in [2.05, 4.69) is 4.98 Å². The Bertz CT molecular complexity index is 768. The van der Waals surface area contributed by atoms with Crippen LogP contribution in [0.5, 0.6) is 5.75 Å². The summed E-state index contributed by atoms with van der Waals surface area (Å²) < 4.78 is 21.7. The minimum absolute atomic E-state index is 0.182. The van der Waals surface area contributed by atoms with Crippen LogP contribution in [-0.2, 0) is 28.6 Å². The van der Waals surface area contributed by atoms with Crippen molar-refractivity contribution in [2.45, 2.75) is 51.4 Å². The van der Waals surface area contributed by atoms with E-state index >= 15 is 0 Å². The molecule has 0 aromatic carbocycles. The molecule has 0 amide bonds. The van der Waals surface area contributed by atoms with Crippen molar-refractivity contribution >= 4 is 35.5 Å². The van der Waals surface area contributed by atoms with Gasteiger partial charge in [-0.3, -0.25) is 24.2 Å². The second-order valence-electron chi connectivity index (χ2n) is 6.08. The van der Waals surface area contributed by atoms with Gasteiger partial charge in [0.25, 0.3) is 0 Å². The number of hydrogen-bond acceptors (Lipinski definition) is 10. The minimum atomic E-state index is -1.04. The summed E-state index contributed by atoms with van der Waals surface area (Å²) in [6, 6.07) is 1.51. The van der Waals surface area contributed by atoms with Crippen LogP contribution in [0.15, 0.2) is 18.5 Å². The zero-order chi connectivity index (χ0) is 20.8. The van der Waals surface area contributed by atoms with Crippen LogP contribution in [0.1, 0.15) is 38.1 Å². The monoisotopic (exact) mass is 411 g/mol. The molecule has 1 saturated heterocycles. The van der Waals surface area contributed by atoms with E-state index in [9.17, 15) is 19.2 Å². The van der Waals surface area contributed by atoms with Gasteiger partial charge in [-0.2, -0.15) is 0 Å². The summed E-state index contributed by atoms with van der Waals surface area (Å²) in [5, 5.41) is 0. The lowest BCUT2D eigenvalue weighted by molar-refractivity contribution is -0.186. The van der Waals surface area contributed by atoms with Gasteiger partial charge >= 0.3 is 17.9 Å². The van der Waals surface area contributed by atoms with Crippen molar-refractivity contribution in [1.82, 2.24) is 4.98 Å². The molecular weight excluding hydrogens is 390 g/mol. The third-order valence-electron chi connectivity index (χ3n) is 3.68. The lowest BCUT2D eigenvalue weighted by Crippen LogP contribution is -2.55. The number of carbonyl (C=O) groups excluding carboxylic acids is 4. The lowest BCUT2D eigenvalue weighted by atomic mass is 10.1. The summed E-state index contributed by atoms with van der Waals surface area (Å²) >= 11 is 1.22. The van der Waals surface area contributed by atoms with Crippen molar-refractivity contribution < 1.29 is 38.1 Å². The molecule has 1 aliphatic heterocycles. The molecule has 0 radical (unpaired) electrons. The molecule has 0 aliphatic carbocycles. The van der Waals surface area contributed by atoms with E-state index < -0.39 is 41.7 Å². The summed E-state index contributed by atoms with van der Waals surface area (Å²) in [6.07, 6.45) is -0.0645. The predicted octanol–water partition coefficient (Wildman–Crippen LogP) is 1.53. The van der Waals surface area contributed by atoms with Gasteiger partial charge in [-0.05, 0) is 13.0 Å². The maximum absolute atomic E-state index is 11.6. The van der Waals surface area contributed by atoms with Crippen LogP contribution in [0.25, 0.3) is 0 Å². The highest BCUT2D eigenvalue weighted by molar-refractivity contribution is 7.99. The maximum Gasteiger partial charge on any atom is 0.303 e. The molecule has 1 aliphatic rings. The summed E-state index contributed by atoms with van der Waals surface area (Å²) in [5.74, 6) is -1.43. The van der Waals surface area contributed by atoms with Gasteiger partial charge in [-0.25, -0.2) is 0 Å². The average Bonchev–Trinajstić information content (AvgIpc) is 2.59. The van der Waals surface area contributed by atoms with Gasteiger partial charge in [0.05, 0.1) is 6.20 Å². The number of rotatable bonds is 6. The lowest BCUT2D eigenvalue weighted by Gasteiger charge is -2.39. The topological polar surface area (TPSA) is 118 Å². The van der Waals surface area contributed by atoms with Crippen LogP contribution in [0.3, 0.4) is 0 Å². The van der Waals surface area contributed by atoms with E-state index in [0.717, 1.165) is 0 Å². The first-order valence-corrected chi connectivity index (χ1v) is 9.48. The molecule has 2 rings (SSSR count). The van der Waals surface area contributed by atoms with Crippen molar-refractivity contribution in [3.05, 3.63) is 24.0 Å². The number of pyridine rings is 1. The number of thioether (sulfide) groups is 1. The van der Waals surface area contributed by atoms with E-state index in [1.165, 1.54) is 57.9 Å². The van der Waals surface area contributed by atoms with Crippen LogP contribution in [0.2, 0.25) is 0 Å². The van der Waals surface area contributed by atoms with Gasteiger partial charge < -0.3 is 18.9 Å². The van der Waals surface area contributed by atoms with Crippen molar-refractivity contribution in [1.29, 1.82) is 0 Å². The van der Waals surface area contributed by atoms with E-state index in [-0.39, 0.29) is 17.3 Å². The highest BCUT2D eigenvalue weighted by Gasteiger charge is 2.47. The summed E-state index contributed by atoms with van der Waals surface area (Å²) in [6.45, 7) is 5.05. The van der Waals surface area contributed by atoms with Gasteiger partial charge in [0, 0.05) is 38.3 Å². The van der Waals surface area contributed by atoms with E-state index in [4.69, 9.17) is 18.9 Å². The molecule has 0 saturated carbocycles. The fourth-order valence-electron chi connectivity index (χ4n) is 2.62. The van der Waals surface area contributed by atoms with Gasteiger partial charge in [0.2, 0.25) is 0 Å². The first-order valence-electron chi connectivity index (χ1n) is 8.43.